The van der Waals surface area contributed by atoms with Gasteiger partial charge in [-0.3, -0.25) is 24.1 Å². The molecule has 0 bridgehead atoms. The molecule has 0 aromatic heterocycles. The van der Waals surface area contributed by atoms with Crippen LogP contribution in [0.1, 0.15) is 36.0 Å². The van der Waals surface area contributed by atoms with E-state index in [2.05, 4.69) is 0 Å². The molecule has 6 nitrogen and oxygen atoms in total. The molecule has 6 heteroatoms. The van der Waals surface area contributed by atoms with E-state index in [9.17, 15) is 19.2 Å². The number of likely N-dealkylation sites (tertiary alicyclic amines) is 2. The smallest absolute Gasteiger partial charge is 0.233 e. The molecule has 0 radical (unpaired) electrons. The number of ketones is 1. The predicted octanol–water partition coefficient (Wildman–Crippen LogP) is 1.26. The van der Waals surface area contributed by atoms with Gasteiger partial charge in [0.25, 0.3) is 0 Å². The minimum Gasteiger partial charge on any atom is -0.338 e. The monoisotopic (exact) mass is 340 g/mol. The number of hydrogen-bond donors (Lipinski definition) is 0. The van der Waals surface area contributed by atoms with Crippen molar-refractivity contribution in [3.63, 3.8) is 0 Å². The maximum atomic E-state index is 12.2. The fourth-order valence-electron chi connectivity index (χ4n) is 3.72. The molecule has 2 atom stereocenters. The number of carbonyl (C=O) groups is 4. The molecule has 3 fully saturated rings. The van der Waals surface area contributed by atoms with Gasteiger partial charge < -0.3 is 4.90 Å². The van der Waals surface area contributed by atoms with Crippen LogP contribution >= 0.6 is 0 Å². The highest BCUT2D eigenvalue weighted by atomic mass is 16.2. The Bertz CT molecular complexity index is 719. The van der Waals surface area contributed by atoms with Crippen LogP contribution in [-0.4, -0.2) is 52.4 Å². The highest BCUT2D eigenvalue weighted by molar-refractivity contribution is 6.09. The molecular formula is C19H20N2O4. The summed E-state index contributed by atoms with van der Waals surface area (Å²) in [7, 11) is 0. The number of amides is 3. The van der Waals surface area contributed by atoms with Crippen molar-refractivity contribution in [3.8, 4) is 0 Å². The number of benzene rings is 1. The lowest BCUT2D eigenvalue weighted by atomic mass is 10.0. The minimum absolute atomic E-state index is 0.0126. The Morgan fingerprint density at radius 3 is 2.24 bits per heavy atom. The zero-order valence-corrected chi connectivity index (χ0v) is 13.9. The minimum atomic E-state index is -0.150. The fraction of sp³-hybridized carbons (Fsp3) is 0.474. The van der Waals surface area contributed by atoms with Crippen LogP contribution in [0.2, 0.25) is 0 Å². The summed E-state index contributed by atoms with van der Waals surface area (Å²) in [6.07, 6.45) is 1.89. The highest BCUT2D eigenvalue weighted by Gasteiger charge is 2.61. The third-order valence-corrected chi connectivity index (χ3v) is 5.37. The summed E-state index contributed by atoms with van der Waals surface area (Å²) in [5.41, 5.74) is 0.670. The van der Waals surface area contributed by atoms with Crippen LogP contribution in [0, 0.1) is 11.8 Å². The molecule has 2 heterocycles. The van der Waals surface area contributed by atoms with Crippen LogP contribution in [0.5, 0.6) is 0 Å². The van der Waals surface area contributed by atoms with Gasteiger partial charge >= 0.3 is 0 Å². The molecule has 3 aliphatic rings. The van der Waals surface area contributed by atoms with Crippen molar-refractivity contribution in [2.45, 2.75) is 31.7 Å². The fourth-order valence-corrected chi connectivity index (χ4v) is 3.72. The molecule has 1 aromatic rings. The normalized spacial score (nSPS) is 25.0. The van der Waals surface area contributed by atoms with E-state index in [0.29, 0.717) is 44.3 Å². The lowest BCUT2D eigenvalue weighted by molar-refractivity contribution is -0.153. The first-order chi connectivity index (χ1) is 12.1. The van der Waals surface area contributed by atoms with Gasteiger partial charge in [0.1, 0.15) is 0 Å². The average Bonchev–Trinajstić information content (AvgIpc) is 3.33. The molecule has 0 spiro atoms. The second kappa shape index (κ2) is 6.10. The molecule has 25 heavy (non-hydrogen) atoms. The van der Waals surface area contributed by atoms with Gasteiger partial charge in [-0.05, 0) is 12.8 Å². The Balaban J connectivity index is 1.20. The van der Waals surface area contributed by atoms with Gasteiger partial charge in [-0.2, -0.15) is 0 Å². The Morgan fingerprint density at radius 1 is 0.960 bits per heavy atom. The summed E-state index contributed by atoms with van der Waals surface area (Å²) in [4.78, 5) is 51.2. The van der Waals surface area contributed by atoms with E-state index in [0.717, 1.165) is 0 Å². The van der Waals surface area contributed by atoms with Crippen LogP contribution < -0.4 is 0 Å². The molecular weight excluding hydrogens is 320 g/mol. The number of Topliss-reactive ketones (excluding diaryl/α,β-unsaturated/α-hetero) is 1. The second-order valence-electron chi connectivity index (χ2n) is 7.09. The zero-order chi connectivity index (χ0) is 17.6. The van der Waals surface area contributed by atoms with Gasteiger partial charge in [0, 0.05) is 31.5 Å². The summed E-state index contributed by atoms with van der Waals surface area (Å²) in [6.45, 7) is 0.866. The van der Waals surface area contributed by atoms with Crippen molar-refractivity contribution in [1.82, 2.24) is 9.80 Å². The van der Waals surface area contributed by atoms with Crippen molar-refractivity contribution in [2.24, 2.45) is 11.8 Å². The van der Waals surface area contributed by atoms with E-state index in [-0.39, 0.29) is 41.4 Å². The Morgan fingerprint density at radius 2 is 1.60 bits per heavy atom. The number of carbonyl (C=O) groups excluding carboxylic acids is 4. The predicted molar refractivity (Wildman–Crippen MR) is 88.4 cm³/mol. The Labute approximate surface area is 145 Å². The molecule has 3 amide bonds. The summed E-state index contributed by atoms with van der Waals surface area (Å²) >= 11 is 0. The largest absolute Gasteiger partial charge is 0.338 e. The second-order valence-corrected chi connectivity index (χ2v) is 7.09. The van der Waals surface area contributed by atoms with Gasteiger partial charge in [-0.1, -0.05) is 30.3 Å². The van der Waals surface area contributed by atoms with Crippen LogP contribution in [0.25, 0.3) is 0 Å². The molecule has 4 rings (SSSR count). The molecule has 130 valence electrons. The molecule has 2 aliphatic heterocycles. The number of fused-ring (bicyclic) bond motifs is 1. The Hall–Kier alpha value is -2.50. The number of imide groups is 1. The molecule has 2 unspecified atom stereocenters. The van der Waals surface area contributed by atoms with Gasteiger partial charge in [0.15, 0.2) is 5.78 Å². The lowest BCUT2D eigenvalue weighted by Crippen LogP contribution is -2.62. The summed E-state index contributed by atoms with van der Waals surface area (Å²) in [5.74, 6) is -0.243. The van der Waals surface area contributed by atoms with Gasteiger partial charge in [-0.15, -0.1) is 0 Å². The maximum absolute atomic E-state index is 12.2. The molecule has 1 saturated carbocycles. The van der Waals surface area contributed by atoms with Crippen molar-refractivity contribution >= 4 is 23.5 Å². The molecule has 1 aliphatic carbocycles. The van der Waals surface area contributed by atoms with Crippen molar-refractivity contribution in [1.29, 1.82) is 0 Å². The van der Waals surface area contributed by atoms with Crippen molar-refractivity contribution in [3.05, 3.63) is 35.9 Å². The third-order valence-electron chi connectivity index (χ3n) is 5.37. The number of nitrogens with zero attached hydrogens (tertiary/aromatic N) is 2. The van der Waals surface area contributed by atoms with Crippen LogP contribution in [-0.2, 0) is 14.4 Å². The maximum Gasteiger partial charge on any atom is 0.233 e. The van der Waals surface area contributed by atoms with E-state index in [1.54, 1.807) is 17.0 Å². The average molecular weight is 340 g/mol. The molecule has 2 saturated heterocycles. The van der Waals surface area contributed by atoms with Crippen molar-refractivity contribution in [2.75, 3.05) is 13.1 Å². The van der Waals surface area contributed by atoms with E-state index in [1.807, 2.05) is 18.2 Å². The third kappa shape index (κ3) is 2.86. The zero-order valence-electron chi connectivity index (χ0n) is 13.9. The number of hydrogen-bond acceptors (Lipinski definition) is 4. The van der Waals surface area contributed by atoms with Gasteiger partial charge in [0.2, 0.25) is 17.7 Å². The standard InChI is InChI=1S/C19H20N2O4/c22-16(12-5-2-1-3-6-12)7-4-8-17(23)20-10-13(11-20)21-18(24)14-9-15(14)19(21)25/h1-3,5-6,13-15H,4,7-11H2. The van der Waals surface area contributed by atoms with Gasteiger partial charge in [0.05, 0.1) is 17.9 Å². The van der Waals surface area contributed by atoms with E-state index in [4.69, 9.17) is 0 Å². The van der Waals surface area contributed by atoms with Crippen LogP contribution in [0.15, 0.2) is 30.3 Å². The highest BCUT2D eigenvalue weighted by Crippen LogP contribution is 2.48. The van der Waals surface area contributed by atoms with E-state index < -0.39 is 0 Å². The first-order valence-corrected chi connectivity index (χ1v) is 8.79. The molecule has 1 aromatic carbocycles. The van der Waals surface area contributed by atoms with Crippen LogP contribution in [0.4, 0.5) is 0 Å². The van der Waals surface area contributed by atoms with Crippen molar-refractivity contribution < 1.29 is 19.2 Å². The number of piperidine rings is 1. The molecule has 0 N–H and O–H groups in total. The first-order valence-electron chi connectivity index (χ1n) is 8.79. The first kappa shape index (κ1) is 16.0. The van der Waals surface area contributed by atoms with Gasteiger partial charge in [-0.25, -0.2) is 0 Å². The SMILES string of the molecule is O=C(CCCC(=O)N1CC(N2C(=O)C3CC3C2=O)C1)c1ccccc1. The Kier molecular flexibility index (Phi) is 3.90. The lowest BCUT2D eigenvalue weighted by Gasteiger charge is -2.43. The topological polar surface area (TPSA) is 74.8 Å². The van der Waals surface area contributed by atoms with E-state index >= 15 is 0 Å². The quantitative estimate of drug-likeness (QED) is 0.577. The van der Waals surface area contributed by atoms with Crippen LogP contribution in [0.3, 0.4) is 0 Å². The van der Waals surface area contributed by atoms with E-state index in [1.165, 1.54) is 4.90 Å². The number of rotatable bonds is 6. The summed E-state index contributed by atoms with van der Waals surface area (Å²) in [6, 6.07) is 8.91. The summed E-state index contributed by atoms with van der Waals surface area (Å²) < 4.78 is 0. The summed E-state index contributed by atoms with van der Waals surface area (Å²) in [5, 5.41) is 0.